The minimum Gasteiger partial charge on any atom is -0.494 e. The number of hydrogen-bond donors (Lipinski definition) is 1. The third-order valence-electron chi connectivity index (χ3n) is 6.07. The fraction of sp³-hybridized carbons (Fsp3) is 0.379. The van der Waals surface area contributed by atoms with Crippen molar-refractivity contribution in [3.63, 3.8) is 0 Å². The van der Waals surface area contributed by atoms with Crippen LogP contribution in [0, 0.1) is 13.8 Å². The van der Waals surface area contributed by atoms with E-state index in [2.05, 4.69) is 80.7 Å². The van der Waals surface area contributed by atoms with Gasteiger partial charge in [0.15, 0.2) is 0 Å². The van der Waals surface area contributed by atoms with Gasteiger partial charge in [-0.2, -0.15) is 0 Å². The molecule has 1 N–H and O–H groups in total. The van der Waals surface area contributed by atoms with Crippen molar-refractivity contribution in [1.29, 1.82) is 0 Å². The van der Waals surface area contributed by atoms with Crippen LogP contribution in [0.1, 0.15) is 59.9 Å². The molecule has 0 spiro atoms. The second-order valence-corrected chi connectivity index (χ2v) is 9.12. The molecule has 0 saturated heterocycles. The van der Waals surface area contributed by atoms with Crippen molar-refractivity contribution in [3.05, 3.63) is 99.6 Å². The maximum absolute atomic E-state index is 6.30. The number of rotatable bonds is 12. The Labute approximate surface area is 199 Å². The summed E-state index contributed by atoms with van der Waals surface area (Å²) < 4.78 is 6.11. The van der Waals surface area contributed by atoms with Crippen LogP contribution in [0.3, 0.4) is 0 Å². The number of hydrogen-bond acceptors (Lipinski definition) is 2. The molecule has 1 unspecified atom stereocenters. The van der Waals surface area contributed by atoms with Crippen molar-refractivity contribution < 1.29 is 4.74 Å². The van der Waals surface area contributed by atoms with Gasteiger partial charge < -0.3 is 10.1 Å². The van der Waals surface area contributed by atoms with Gasteiger partial charge in [-0.05, 0) is 97.7 Å². The van der Waals surface area contributed by atoms with Crippen molar-refractivity contribution in [2.75, 3.05) is 13.2 Å². The predicted octanol–water partition coefficient (Wildman–Crippen LogP) is 7.64. The largest absolute Gasteiger partial charge is 0.494 e. The summed E-state index contributed by atoms with van der Waals surface area (Å²) in [7, 11) is 0. The molecule has 0 aliphatic carbocycles. The summed E-state index contributed by atoms with van der Waals surface area (Å²) in [5.74, 6) is 1.29. The molecule has 170 valence electrons. The first-order valence-electron chi connectivity index (χ1n) is 11.8. The quantitative estimate of drug-likeness (QED) is 0.287. The highest BCUT2D eigenvalue weighted by molar-refractivity contribution is 6.30. The van der Waals surface area contributed by atoms with E-state index in [0.717, 1.165) is 36.7 Å². The summed E-state index contributed by atoms with van der Waals surface area (Å²) in [6.07, 6.45) is 4.36. The van der Waals surface area contributed by atoms with Gasteiger partial charge in [0.05, 0.1) is 6.61 Å². The number of benzene rings is 3. The maximum atomic E-state index is 6.30. The zero-order valence-corrected chi connectivity index (χ0v) is 20.4. The molecule has 0 aliphatic heterocycles. The van der Waals surface area contributed by atoms with Gasteiger partial charge in [-0.25, -0.2) is 0 Å². The van der Waals surface area contributed by atoms with Crippen LogP contribution in [0.25, 0.3) is 0 Å². The third-order valence-corrected chi connectivity index (χ3v) is 6.30. The van der Waals surface area contributed by atoms with Gasteiger partial charge in [-0.15, -0.1) is 0 Å². The number of aryl methyl sites for hydroxylation is 2. The number of unbranched alkanes of at least 4 members (excludes halogenated alkanes) is 1. The lowest BCUT2D eigenvalue weighted by atomic mass is 9.88. The zero-order chi connectivity index (χ0) is 22.8. The van der Waals surface area contributed by atoms with Gasteiger partial charge in [-0.1, -0.05) is 67.4 Å². The van der Waals surface area contributed by atoms with Crippen LogP contribution in [0.4, 0.5) is 0 Å². The Balaban J connectivity index is 1.59. The van der Waals surface area contributed by atoms with E-state index >= 15 is 0 Å². The highest BCUT2D eigenvalue weighted by Crippen LogP contribution is 2.28. The molecule has 1 atom stereocenters. The number of nitrogens with one attached hydrogen (secondary N) is 1. The molecule has 2 nitrogen and oxygen atoms in total. The molecule has 0 heterocycles. The molecule has 0 amide bonds. The average molecular weight is 450 g/mol. The normalized spacial score (nSPS) is 12.0. The summed E-state index contributed by atoms with van der Waals surface area (Å²) >= 11 is 6.30. The molecule has 0 saturated carbocycles. The Hall–Kier alpha value is -2.29. The Morgan fingerprint density at radius 3 is 2.41 bits per heavy atom. The van der Waals surface area contributed by atoms with Crippen molar-refractivity contribution >= 4 is 11.6 Å². The van der Waals surface area contributed by atoms with Crippen molar-refractivity contribution in [1.82, 2.24) is 5.32 Å². The smallest absolute Gasteiger partial charge is 0.119 e. The standard InChI is InChI=1S/C29H36ClNO/c1-4-5-16-31-21-24-11-13-29(14-12-24)32-17-15-27(26-7-6-8-28(30)20-26)19-25-10-9-22(2)23(3)18-25/h6-14,18,20,27,31H,4-5,15-17,19,21H2,1-3H3. The fourth-order valence-electron chi connectivity index (χ4n) is 3.92. The highest BCUT2D eigenvalue weighted by Gasteiger charge is 2.14. The van der Waals surface area contributed by atoms with E-state index in [0.29, 0.717) is 12.5 Å². The molecule has 3 rings (SSSR count). The van der Waals surface area contributed by atoms with E-state index in [1.54, 1.807) is 0 Å². The minimum atomic E-state index is 0.359. The molecule has 0 aromatic heterocycles. The van der Waals surface area contributed by atoms with Gasteiger partial charge in [0.25, 0.3) is 0 Å². The van der Waals surface area contributed by atoms with E-state index in [1.165, 1.54) is 40.7 Å². The second kappa shape index (κ2) is 12.7. The SMILES string of the molecule is CCCCNCc1ccc(OCCC(Cc2ccc(C)c(C)c2)c2cccc(Cl)c2)cc1. The first-order valence-corrected chi connectivity index (χ1v) is 12.2. The van der Waals surface area contributed by atoms with Gasteiger partial charge >= 0.3 is 0 Å². The molecule has 0 aliphatic rings. The fourth-order valence-corrected chi connectivity index (χ4v) is 4.12. The van der Waals surface area contributed by atoms with Crippen LogP contribution in [-0.4, -0.2) is 13.2 Å². The highest BCUT2D eigenvalue weighted by atomic mass is 35.5. The van der Waals surface area contributed by atoms with Crippen LogP contribution in [-0.2, 0) is 13.0 Å². The Kier molecular flexibility index (Phi) is 9.64. The molecule has 0 bridgehead atoms. The van der Waals surface area contributed by atoms with Crippen LogP contribution < -0.4 is 10.1 Å². The van der Waals surface area contributed by atoms with E-state index in [4.69, 9.17) is 16.3 Å². The van der Waals surface area contributed by atoms with Crippen molar-refractivity contribution in [3.8, 4) is 5.75 Å². The van der Waals surface area contributed by atoms with Crippen molar-refractivity contribution in [2.45, 2.75) is 58.9 Å². The van der Waals surface area contributed by atoms with Crippen LogP contribution >= 0.6 is 11.6 Å². The van der Waals surface area contributed by atoms with Crippen LogP contribution in [0.15, 0.2) is 66.7 Å². The molecule has 0 fully saturated rings. The molecule has 3 heteroatoms. The predicted molar refractivity (Wildman–Crippen MR) is 137 cm³/mol. The molecular weight excluding hydrogens is 414 g/mol. The lowest BCUT2D eigenvalue weighted by molar-refractivity contribution is 0.297. The summed E-state index contributed by atoms with van der Waals surface area (Å²) in [6, 6.07) is 23.5. The Morgan fingerprint density at radius 1 is 0.906 bits per heavy atom. The molecule has 0 radical (unpaired) electrons. The van der Waals surface area contributed by atoms with E-state index in [9.17, 15) is 0 Å². The topological polar surface area (TPSA) is 21.3 Å². The summed E-state index contributed by atoms with van der Waals surface area (Å²) in [6.45, 7) is 9.21. The van der Waals surface area contributed by atoms with Crippen LogP contribution in [0.2, 0.25) is 5.02 Å². The zero-order valence-electron chi connectivity index (χ0n) is 19.7. The molecule has 3 aromatic rings. The summed E-state index contributed by atoms with van der Waals surface area (Å²) in [4.78, 5) is 0. The first-order chi connectivity index (χ1) is 15.5. The van der Waals surface area contributed by atoms with E-state index in [1.807, 2.05) is 12.1 Å². The van der Waals surface area contributed by atoms with Crippen LogP contribution in [0.5, 0.6) is 5.75 Å². The van der Waals surface area contributed by atoms with Gasteiger partial charge in [-0.3, -0.25) is 0 Å². The van der Waals surface area contributed by atoms with Gasteiger partial charge in [0.1, 0.15) is 5.75 Å². The third kappa shape index (κ3) is 7.69. The molecule has 32 heavy (non-hydrogen) atoms. The second-order valence-electron chi connectivity index (χ2n) is 8.69. The van der Waals surface area contributed by atoms with Gasteiger partial charge in [0.2, 0.25) is 0 Å². The molecule has 3 aromatic carbocycles. The minimum absolute atomic E-state index is 0.359. The average Bonchev–Trinajstić information content (AvgIpc) is 2.79. The van der Waals surface area contributed by atoms with Crippen molar-refractivity contribution in [2.24, 2.45) is 0 Å². The number of halogens is 1. The van der Waals surface area contributed by atoms with E-state index in [-0.39, 0.29) is 0 Å². The first kappa shape index (κ1) is 24.4. The van der Waals surface area contributed by atoms with E-state index < -0.39 is 0 Å². The van der Waals surface area contributed by atoms with Gasteiger partial charge in [0, 0.05) is 11.6 Å². The lowest BCUT2D eigenvalue weighted by Crippen LogP contribution is -2.14. The number of ether oxygens (including phenoxy) is 1. The lowest BCUT2D eigenvalue weighted by Gasteiger charge is -2.19. The Bertz CT molecular complexity index is 967. The molecular formula is C29H36ClNO. The summed E-state index contributed by atoms with van der Waals surface area (Å²) in [5.41, 5.74) is 6.60. The maximum Gasteiger partial charge on any atom is 0.119 e. The monoisotopic (exact) mass is 449 g/mol. The summed E-state index contributed by atoms with van der Waals surface area (Å²) in [5, 5.41) is 4.27. The Morgan fingerprint density at radius 2 is 1.69 bits per heavy atom.